The van der Waals surface area contributed by atoms with Crippen molar-refractivity contribution in [2.24, 2.45) is 18.9 Å². The van der Waals surface area contributed by atoms with Crippen LogP contribution in [-0.4, -0.2) is 80.8 Å². The van der Waals surface area contributed by atoms with Crippen LogP contribution in [0.25, 0.3) is 21.7 Å². The van der Waals surface area contributed by atoms with E-state index < -0.39 is 0 Å². The van der Waals surface area contributed by atoms with Crippen molar-refractivity contribution in [2.45, 2.75) is 151 Å². The molecule has 0 unspecified atom stereocenters. The van der Waals surface area contributed by atoms with Crippen LogP contribution in [-0.2, 0) is 31.3 Å². The molecule has 0 radical (unpaired) electrons. The van der Waals surface area contributed by atoms with Crippen LogP contribution < -0.4 is 32.4 Å². The largest absolute Gasteiger partial charge is 0.378 e. The molecule has 6 heterocycles. The average Bonchev–Trinajstić information content (AvgIpc) is 4.05. The summed E-state index contributed by atoms with van der Waals surface area (Å²) in [4.78, 5) is 63.8. The molecule has 73 heavy (non-hydrogen) atoms. The van der Waals surface area contributed by atoms with Crippen molar-refractivity contribution in [2.75, 3.05) is 32.3 Å². The molecule has 1 spiro atoms. The summed E-state index contributed by atoms with van der Waals surface area (Å²) < 4.78 is 10.0. The van der Waals surface area contributed by atoms with Crippen LogP contribution in [0.5, 0.6) is 0 Å². The molecule has 2 amide bonds. The molecule has 4 fully saturated rings. The number of aromatic amines is 2. The van der Waals surface area contributed by atoms with Gasteiger partial charge in [0, 0.05) is 110 Å². The van der Waals surface area contributed by atoms with Crippen molar-refractivity contribution >= 4 is 57.0 Å². The molecule has 4 aromatic heterocycles. The molecule has 6 N–H and O–H groups in total. The molecule has 4 aliphatic rings. The van der Waals surface area contributed by atoms with Crippen LogP contribution in [0, 0.1) is 25.7 Å². The van der Waals surface area contributed by atoms with E-state index in [9.17, 15) is 14.4 Å². The van der Waals surface area contributed by atoms with E-state index >= 15 is 4.79 Å². The molecule has 15 heteroatoms. The molecule has 13 nitrogen and oxygen atoms in total. The highest BCUT2D eigenvalue weighted by Crippen LogP contribution is 2.45. The first kappa shape index (κ1) is 51.4. The van der Waals surface area contributed by atoms with Gasteiger partial charge in [-0.25, -0.2) is 0 Å². The van der Waals surface area contributed by atoms with Crippen molar-refractivity contribution in [3.63, 3.8) is 0 Å². The number of aromatic nitrogens is 4. The van der Waals surface area contributed by atoms with Crippen molar-refractivity contribution in [1.82, 2.24) is 40.4 Å². The van der Waals surface area contributed by atoms with Crippen LogP contribution >= 0.6 is 23.5 Å². The number of para-hydroxylation sites is 1. The molecule has 2 aliphatic carbocycles. The maximum Gasteiger partial charge on any atom is 0.268 e. The van der Waals surface area contributed by atoms with E-state index in [1.807, 2.05) is 51.6 Å². The predicted molar refractivity (Wildman–Crippen MR) is 296 cm³/mol. The van der Waals surface area contributed by atoms with E-state index in [0.29, 0.717) is 52.7 Å². The molecule has 10 rings (SSSR count). The number of H-pyrrole nitrogens is 2. The number of benzene rings is 2. The minimum atomic E-state index is -0.228. The number of carbonyl (C=O) groups is 2. The van der Waals surface area contributed by atoms with Crippen LogP contribution in [0.3, 0.4) is 0 Å². The van der Waals surface area contributed by atoms with Gasteiger partial charge in [0.2, 0.25) is 0 Å². The van der Waals surface area contributed by atoms with Crippen LogP contribution in [0.4, 0.5) is 0 Å². The highest BCUT2D eigenvalue weighted by Gasteiger charge is 2.40. The zero-order valence-electron chi connectivity index (χ0n) is 43.7. The summed E-state index contributed by atoms with van der Waals surface area (Å²) in [5.74, 6) is 0.556. The number of ether oxygens (including phenoxy) is 1. The Hall–Kier alpha value is -5.06. The first-order chi connectivity index (χ1) is 35.3. The Bertz CT molecular complexity index is 3140. The molecule has 2 aromatic carbocycles. The van der Waals surface area contributed by atoms with Gasteiger partial charge in [0.1, 0.15) is 5.69 Å². The second-order valence-electron chi connectivity index (χ2n) is 21.8. The van der Waals surface area contributed by atoms with Gasteiger partial charge < -0.3 is 45.1 Å². The summed E-state index contributed by atoms with van der Waals surface area (Å²) in [6.07, 6.45) is 15.7. The van der Waals surface area contributed by atoms with E-state index in [1.165, 1.54) is 36.4 Å². The number of nitrogens with one attached hydrogen (secondary N) is 6. The van der Waals surface area contributed by atoms with Gasteiger partial charge in [0.15, 0.2) is 0 Å². The highest BCUT2D eigenvalue weighted by molar-refractivity contribution is 7.98. The number of fused-ring (bicyclic) bond motifs is 2. The second-order valence-corrected chi connectivity index (χ2v) is 23.5. The standard InChI is InChI=1S/C58H74N8O5S2/c1-33-25-49(72-6)45(54(67)62-33)29-59-56(69)51-43-11-8-9-12-47(43)66(36(4)39-19-22-58(23-20-39)21-10-24-61-58)48(51)28-37-13-18-42-44(27-37)52(35(3)38-14-16-40(17-15-38)64-41-31-71-32-41)65(5)53(42)57(70)60-30-46-50(73-7)26-34(2)63-55(46)68/h8-9,11-13,18,25-27,35-36,38-41,61,64H,10,14-17,19-24,28-32H2,1-7H3,(H,59,69)(H,60,70)(H,62,67)(H,63,68)/t35-,36-,38-,39?,40-,58?/m1/s1. The normalized spacial score (nSPS) is 22.2. The van der Waals surface area contributed by atoms with E-state index in [1.54, 1.807) is 0 Å². The summed E-state index contributed by atoms with van der Waals surface area (Å²) in [6.45, 7) is 11.3. The number of rotatable bonds is 16. The molecule has 0 bridgehead atoms. The number of amides is 2. The Balaban J connectivity index is 1.04. The maximum absolute atomic E-state index is 15.1. The SMILES string of the molecule is CSc1cc(C)[nH]c(=O)c1CNC(=O)c1c(Cc2ccc3c(C(=O)NCc4c(SC)cc(C)[nH]c4=O)n(C)c([C@H](C)[C@H]4CC[C@H](NC5COC5)CC4)c3c2)n([C@H](C)C2CCC3(CCCN3)CC2)c2ccccc12. The van der Waals surface area contributed by atoms with Gasteiger partial charge in [-0.2, -0.15) is 0 Å². The van der Waals surface area contributed by atoms with Gasteiger partial charge in [-0.1, -0.05) is 37.3 Å². The summed E-state index contributed by atoms with van der Waals surface area (Å²) >= 11 is 3.01. The van der Waals surface area contributed by atoms with E-state index in [2.05, 4.69) is 90.6 Å². The first-order valence-electron chi connectivity index (χ1n) is 26.7. The van der Waals surface area contributed by atoms with Crippen molar-refractivity contribution in [3.8, 4) is 0 Å². The monoisotopic (exact) mass is 1030 g/mol. The Labute approximate surface area is 437 Å². The minimum absolute atomic E-state index is 0.1000. The third kappa shape index (κ3) is 10.3. The third-order valence-electron chi connectivity index (χ3n) is 17.3. The maximum atomic E-state index is 15.1. The fourth-order valence-corrected chi connectivity index (χ4v) is 14.7. The first-order valence-corrected chi connectivity index (χ1v) is 29.1. The number of thioether (sulfide) groups is 2. The minimum Gasteiger partial charge on any atom is -0.378 e. The number of nitrogens with zero attached hydrogens (tertiary/aromatic N) is 2. The summed E-state index contributed by atoms with van der Waals surface area (Å²) in [7, 11) is 2.02. The molecular formula is C58H74N8O5S2. The number of carbonyl (C=O) groups excluding carboxylic acids is 2. The fraction of sp³-hybridized carbons (Fsp3) is 0.517. The highest BCUT2D eigenvalue weighted by atomic mass is 32.2. The lowest BCUT2D eigenvalue weighted by Gasteiger charge is -2.40. The van der Waals surface area contributed by atoms with Crippen molar-refractivity contribution in [3.05, 3.63) is 126 Å². The zero-order valence-corrected chi connectivity index (χ0v) is 45.4. The number of hydrogen-bond acceptors (Lipinski definition) is 9. The van der Waals surface area contributed by atoms with Gasteiger partial charge in [-0.15, -0.1) is 23.5 Å². The Morgan fingerprint density at radius 2 is 1.41 bits per heavy atom. The van der Waals surface area contributed by atoms with Crippen molar-refractivity contribution < 1.29 is 14.3 Å². The van der Waals surface area contributed by atoms with Crippen LogP contribution in [0.1, 0.15) is 150 Å². The van der Waals surface area contributed by atoms with Gasteiger partial charge in [0.25, 0.3) is 22.9 Å². The van der Waals surface area contributed by atoms with Crippen molar-refractivity contribution in [1.29, 1.82) is 0 Å². The molecule has 2 atom stereocenters. The number of pyridine rings is 2. The molecular weight excluding hydrogens is 953 g/mol. The third-order valence-corrected chi connectivity index (χ3v) is 18.9. The Morgan fingerprint density at radius 3 is 2.01 bits per heavy atom. The quantitative estimate of drug-likeness (QED) is 0.0518. The topological polar surface area (TPSA) is 167 Å². The van der Waals surface area contributed by atoms with Gasteiger partial charge in [-0.05, 0) is 152 Å². The van der Waals surface area contributed by atoms with E-state index in [-0.39, 0.29) is 53.5 Å². The van der Waals surface area contributed by atoms with Gasteiger partial charge >= 0.3 is 0 Å². The lowest BCUT2D eigenvalue weighted by molar-refractivity contribution is -0.0128. The molecule has 2 saturated carbocycles. The fourth-order valence-electron chi connectivity index (χ4n) is 13.3. The molecule has 2 aliphatic heterocycles. The Kier molecular flexibility index (Phi) is 15.3. The number of aryl methyl sites for hydroxylation is 2. The molecule has 2 saturated heterocycles. The Morgan fingerprint density at radius 1 is 0.767 bits per heavy atom. The molecule has 388 valence electrons. The second kappa shape index (κ2) is 21.7. The van der Waals surface area contributed by atoms with Crippen LogP contribution in [0.2, 0.25) is 0 Å². The lowest BCUT2D eigenvalue weighted by Crippen LogP contribution is -2.51. The predicted octanol–water partition coefficient (Wildman–Crippen LogP) is 9.55. The smallest absolute Gasteiger partial charge is 0.268 e. The lowest BCUT2D eigenvalue weighted by atomic mass is 9.73. The van der Waals surface area contributed by atoms with Gasteiger partial charge in [0.05, 0.1) is 24.8 Å². The summed E-state index contributed by atoms with van der Waals surface area (Å²) in [6, 6.07) is 19.8. The molecule has 6 aromatic rings. The number of hydrogen-bond donors (Lipinski definition) is 6. The summed E-state index contributed by atoms with van der Waals surface area (Å²) in [5.41, 5.74) is 7.89. The summed E-state index contributed by atoms with van der Waals surface area (Å²) in [5, 5.41) is 16.9. The van der Waals surface area contributed by atoms with Gasteiger partial charge in [-0.3, -0.25) is 19.2 Å². The van der Waals surface area contributed by atoms with Crippen LogP contribution in [0.15, 0.2) is 74.0 Å². The van der Waals surface area contributed by atoms with E-state index in [0.717, 1.165) is 131 Å². The van der Waals surface area contributed by atoms with E-state index in [4.69, 9.17) is 4.74 Å². The average molecular weight is 1030 g/mol. The zero-order chi connectivity index (χ0) is 51.1.